The lowest BCUT2D eigenvalue weighted by atomic mass is 10.1. The second kappa shape index (κ2) is 5.50. The molecule has 98 valence electrons. The lowest BCUT2D eigenvalue weighted by Gasteiger charge is -2.14. The molecular formula is C14H19NO3. The minimum atomic E-state index is -0.0950. The van der Waals surface area contributed by atoms with E-state index in [-0.39, 0.29) is 17.9 Å². The Hall–Kier alpha value is -1.39. The van der Waals surface area contributed by atoms with E-state index in [1.54, 1.807) is 13.2 Å². The SMILES string of the molecule is COCc1ccccc1C(=O)NCC1(CO)CC1. The summed E-state index contributed by atoms with van der Waals surface area (Å²) in [6.07, 6.45) is 1.98. The molecule has 18 heavy (non-hydrogen) atoms. The zero-order valence-electron chi connectivity index (χ0n) is 10.6. The molecule has 0 saturated heterocycles. The van der Waals surface area contributed by atoms with Crippen molar-refractivity contribution in [3.63, 3.8) is 0 Å². The van der Waals surface area contributed by atoms with Crippen LogP contribution in [-0.2, 0) is 11.3 Å². The van der Waals surface area contributed by atoms with Crippen LogP contribution in [-0.4, -0.2) is 31.3 Å². The molecule has 0 atom stereocenters. The Morgan fingerprint density at radius 3 is 2.78 bits per heavy atom. The maximum atomic E-state index is 12.1. The lowest BCUT2D eigenvalue weighted by molar-refractivity contribution is 0.0930. The molecule has 0 aromatic heterocycles. The average molecular weight is 249 g/mol. The number of aliphatic hydroxyl groups is 1. The topological polar surface area (TPSA) is 58.6 Å². The van der Waals surface area contributed by atoms with Crippen molar-refractivity contribution in [2.24, 2.45) is 5.41 Å². The van der Waals surface area contributed by atoms with Gasteiger partial charge in [0, 0.05) is 24.6 Å². The first-order valence-electron chi connectivity index (χ1n) is 6.17. The summed E-state index contributed by atoms with van der Waals surface area (Å²) in [7, 11) is 1.61. The Balaban J connectivity index is 2.00. The van der Waals surface area contributed by atoms with Gasteiger partial charge in [0.1, 0.15) is 0 Å². The fourth-order valence-corrected chi connectivity index (χ4v) is 1.95. The first-order chi connectivity index (χ1) is 8.71. The third kappa shape index (κ3) is 2.89. The van der Waals surface area contributed by atoms with E-state index in [4.69, 9.17) is 4.74 Å². The van der Waals surface area contributed by atoms with Crippen LogP contribution in [0.15, 0.2) is 24.3 Å². The summed E-state index contributed by atoms with van der Waals surface area (Å²) in [5.74, 6) is -0.0950. The van der Waals surface area contributed by atoms with E-state index >= 15 is 0 Å². The number of hydrogen-bond donors (Lipinski definition) is 2. The van der Waals surface area contributed by atoms with Crippen molar-refractivity contribution < 1.29 is 14.6 Å². The Morgan fingerprint density at radius 2 is 2.17 bits per heavy atom. The van der Waals surface area contributed by atoms with E-state index in [1.165, 1.54) is 0 Å². The van der Waals surface area contributed by atoms with Gasteiger partial charge >= 0.3 is 0 Å². The number of rotatable bonds is 6. The summed E-state index contributed by atoms with van der Waals surface area (Å²) in [6, 6.07) is 7.41. The van der Waals surface area contributed by atoms with Gasteiger partial charge in [-0.25, -0.2) is 0 Å². The molecule has 0 unspecified atom stereocenters. The number of carbonyl (C=O) groups excluding carboxylic acids is 1. The standard InChI is InChI=1S/C14H19NO3/c1-18-8-11-4-2-3-5-12(11)13(17)15-9-14(10-16)6-7-14/h2-5,16H,6-10H2,1H3,(H,15,17). The van der Waals surface area contributed by atoms with Crippen LogP contribution in [0, 0.1) is 5.41 Å². The molecule has 1 aromatic carbocycles. The van der Waals surface area contributed by atoms with Crippen LogP contribution in [0.4, 0.5) is 0 Å². The molecule has 0 radical (unpaired) electrons. The second-order valence-electron chi connectivity index (χ2n) is 4.93. The van der Waals surface area contributed by atoms with Gasteiger partial charge in [0.15, 0.2) is 0 Å². The van der Waals surface area contributed by atoms with Crippen LogP contribution in [0.1, 0.15) is 28.8 Å². The normalized spacial score (nSPS) is 16.3. The zero-order chi connectivity index (χ0) is 13.0. The van der Waals surface area contributed by atoms with Gasteiger partial charge in [-0.15, -0.1) is 0 Å². The summed E-state index contributed by atoms with van der Waals surface area (Å²) in [5, 5.41) is 12.1. The first-order valence-corrected chi connectivity index (χ1v) is 6.17. The number of ether oxygens (including phenoxy) is 1. The zero-order valence-corrected chi connectivity index (χ0v) is 10.6. The molecule has 2 N–H and O–H groups in total. The summed E-state index contributed by atoms with van der Waals surface area (Å²) in [4.78, 5) is 12.1. The fraction of sp³-hybridized carbons (Fsp3) is 0.500. The molecule has 1 aliphatic carbocycles. The summed E-state index contributed by atoms with van der Waals surface area (Å²) in [5.41, 5.74) is 1.46. The average Bonchev–Trinajstić information content (AvgIpc) is 3.18. The number of methoxy groups -OCH3 is 1. The van der Waals surface area contributed by atoms with E-state index < -0.39 is 0 Å². The highest BCUT2D eigenvalue weighted by Gasteiger charge is 2.42. The fourth-order valence-electron chi connectivity index (χ4n) is 1.95. The molecule has 1 saturated carbocycles. The molecule has 4 heteroatoms. The van der Waals surface area contributed by atoms with E-state index in [0.717, 1.165) is 18.4 Å². The first kappa shape index (κ1) is 13.1. The van der Waals surface area contributed by atoms with Gasteiger partial charge in [0.05, 0.1) is 13.2 Å². The largest absolute Gasteiger partial charge is 0.396 e. The number of benzene rings is 1. The van der Waals surface area contributed by atoms with Crippen LogP contribution in [0.3, 0.4) is 0 Å². The maximum absolute atomic E-state index is 12.1. The Bertz CT molecular complexity index is 427. The van der Waals surface area contributed by atoms with Gasteiger partial charge in [-0.1, -0.05) is 18.2 Å². The van der Waals surface area contributed by atoms with Crippen LogP contribution in [0.2, 0.25) is 0 Å². The molecule has 1 aliphatic rings. The van der Waals surface area contributed by atoms with Crippen molar-refractivity contribution in [2.45, 2.75) is 19.4 Å². The third-order valence-electron chi connectivity index (χ3n) is 3.48. The highest BCUT2D eigenvalue weighted by atomic mass is 16.5. The van der Waals surface area contributed by atoms with Crippen molar-refractivity contribution in [1.82, 2.24) is 5.32 Å². The van der Waals surface area contributed by atoms with Crippen LogP contribution in [0.5, 0.6) is 0 Å². The van der Waals surface area contributed by atoms with Crippen molar-refractivity contribution in [1.29, 1.82) is 0 Å². The number of hydrogen-bond acceptors (Lipinski definition) is 3. The predicted molar refractivity (Wildman–Crippen MR) is 68.2 cm³/mol. The van der Waals surface area contributed by atoms with E-state index in [1.807, 2.05) is 18.2 Å². The molecule has 1 fully saturated rings. The summed E-state index contributed by atoms with van der Waals surface area (Å²) >= 11 is 0. The van der Waals surface area contributed by atoms with E-state index in [9.17, 15) is 9.90 Å². The minimum absolute atomic E-state index is 0.0636. The Kier molecular flexibility index (Phi) is 3.99. The van der Waals surface area contributed by atoms with Crippen molar-refractivity contribution in [2.75, 3.05) is 20.3 Å². The molecular weight excluding hydrogens is 230 g/mol. The Labute approximate surface area is 107 Å². The maximum Gasteiger partial charge on any atom is 0.251 e. The molecule has 0 aliphatic heterocycles. The third-order valence-corrected chi connectivity index (χ3v) is 3.48. The molecule has 4 nitrogen and oxygen atoms in total. The molecule has 0 bridgehead atoms. The van der Waals surface area contributed by atoms with E-state index in [2.05, 4.69) is 5.32 Å². The summed E-state index contributed by atoms with van der Waals surface area (Å²) in [6.45, 7) is 1.12. The smallest absolute Gasteiger partial charge is 0.251 e. The quantitative estimate of drug-likeness (QED) is 0.799. The van der Waals surface area contributed by atoms with Crippen LogP contribution < -0.4 is 5.32 Å². The number of aliphatic hydroxyl groups excluding tert-OH is 1. The minimum Gasteiger partial charge on any atom is -0.396 e. The molecule has 1 amide bonds. The highest BCUT2D eigenvalue weighted by Crippen LogP contribution is 2.44. The van der Waals surface area contributed by atoms with Gasteiger partial charge in [0.2, 0.25) is 0 Å². The van der Waals surface area contributed by atoms with Gasteiger partial charge < -0.3 is 15.2 Å². The van der Waals surface area contributed by atoms with Crippen LogP contribution in [0.25, 0.3) is 0 Å². The number of carbonyl (C=O) groups is 1. The Morgan fingerprint density at radius 1 is 1.44 bits per heavy atom. The van der Waals surface area contributed by atoms with Gasteiger partial charge in [-0.3, -0.25) is 4.79 Å². The molecule has 2 rings (SSSR count). The van der Waals surface area contributed by atoms with Gasteiger partial charge in [-0.05, 0) is 24.5 Å². The van der Waals surface area contributed by atoms with E-state index in [0.29, 0.717) is 18.7 Å². The molecule has 0 heterocycles. The number of amides is 1. The molecule has 0 spiro atoms. The van der Waals surface area contributed by atoms with Crippen molar-refractivity contribution in [3.8, 4) is 0 Å². The van der Waals surface area contributed by atoms with Gasteiger partial charge in [0.25, 0.3) is 5.91 Å². The van der Waals surface area contributed by atoms with Crippen molar-refractivity contribution >= 4 is 5.91 Å². The second-order valence-corrected chi connectivity index (χ2v) is 4.93. The predicted octanol–water partition coefficient (Wildman–Crippen LogP) is 1.34. The lowest BCUT2D eigenvalue weighted by Crippen LogP contribution is -2.32. The monoisotopic (exact) mass is 249 g/mol. The highest BCUT2D eigenvalue weighted by molar-refractivity contribution is 5.95. The van der Waals surface area contributed by atoms with Gasteiger partial charge in [-0.2, -0.15) is 0 Å². The van der Waals surface area contributed by atoms with Crippen LogP contribution >= 0.6 is 0 Å². The number of nitrogens with one attached hydrogen (secondary N) is 1. The summed E-state index contributed by atoms with van der Waals surface area (Å²) < 4.78 is 5.08. The van der Waals surface area contributed by atoms with Crippen molar-refractivity contribution in [3.05, 3.63) is 35.4 Å². The molecule has 1 aromatic rings.